The van der Waals surface area contributed by atoms with Crippen molar-refractivity contribution < 1.29 is 19.0 Å². The summed E-state index contributed by atoms with van der Waals surface area (Å²) < 4.78 is 18.7. The Bertz CT molecular complexity index is 1360. The lowest BCUT2D eigenvalue weighted by molar-refractivity contribution is 0.194. The largest absolute Gasteiger partial charge is 0.494 e. The lowest BCUT2D eigenvalue weighted by Crippen LogP contribution is -2.37. The summed E-state index contributed by atoms with van der Waals surface area (Å²) in [6.07, 6.45) is 2.04. The topological polar surface area (TPSA) is 65.0 Å². The number of urea groups is 1. The fourth-order valence-electron chi connectivity index (χ4n) is 4.71. The zero-order valence-corrected chi connectivity index (χ0v) is 20.6. The van der Waals surface area contributed by atoms with Gasteiger partial charge in [-0.15, -0.1) is 0 Å². The van der Waals surface area contributed by atoms with E-state index in [0.717, 1.165) is 28.3 Å². The van der Waals surface area contributed by atoms with E-state index in [1.165, 1.54) is 0 Å². The number of fused-ring (bicyclic) bond motifs is 3. The van der Waals surface area contributed by atoms with Crippen LogP contribution in [0.3, 0.4) is 0 Å². The monoisotopic (exact) mass is 483 g/mol. The minimum Gasteiger partial charge on any atom is -0.494 e. The first kappa shape index (κ1) is 23.4. The van der Waals surface area contributed by atoms with Crippen LogP contribution in [0, 0.1) is 0 Å². The summed E-state index contributed by atoms with van der Waals surface area (Å²) in [4.78, 5) is 15.7. The summed E-state index contributed by atoms with van der Waals surface area (Å²) in [5.74, 6) is 2.01. The average Bonchev–Trinajstić information content (AvgIpc) is 3.33. The Balaban J connectivity index is 1.58. The number of anilines is 1. The molecule has 184 valence electrons. The third-order valence-electron chi connectivity index (χ3n) is 6.36. The second kappa shape index (κ2) is 10.1. The summed E-state index contributed by atoms with van der Waals surface area (Å²) in [7, 11) is 3.23. The quantitative estimate of drug-likeness (QED) is 0.364. The highest BCUT2D eigenvalue weighted by atomic mass is 16.5. The standard InChI is InChI=1S/C29H29N3O4/c1-4-36-23-14-12-22(13-15-23)30-29(33)32-19-21-8-5-6-9-24(21)31-17-7-10-25(31)28(32)20-11-16-26(34-2)27(18-20)35-3/h5-18,28H,4,19H2,1-3H3,(H,30,33)/t28-/m0/s1. The number of nitrogens with zero attached hydrogens (tertiary/aromatic N) is 2. The summed E-state index contributed by atoms with van der Waals surface area (Å²) in [6.45, 7) is 2.96. The molecule has 0 saturated carbocycles. The number of ether oxygens (including phenoxy) is 3. The molecule has 2 amide bonds. The van der Waals surface area contributed by atoms with E-state index in [2.05, 4.69) is 28.1 Å². The van der Waals surface area contributed by atoms with Crippen molar-refractivity contribution >= 4 is 11.7 Å². The summed E-state index contributed by atoms with van der Waals surface area (Å²) in [6, 6.07) is 24.9. The van der Waals surface area contributed by atoms with Crippen molar-refractivity contribution in [2.24, 2.45) is 0 Å². The molecular formula is C29H29N3O4. The molecule has 7 heteroatoms. The van der Waals surface area contributed by atoms with Gasteiger partial charge in [0.2, 0.25) is 0 Å². The minimum absolute atomic E-state index is 0.205. The Morgan fingerprint density at radius 2 is 1.72 bits per heavy atom. The maximum absolute atomic E-state index is 13.9. The summed E-state index contributed by atoms with van der Waals surface area (Å²) >= 11 is 0. The van der Waals surface area contributed by atoms with Crippen LogP contribution in [0.1, 0.15) is 29.8 Å². The maximum atomic E-state index is 13.9. The van der Waals surface area contributed by atoms with Crippen molar-refractivity contribution in [3.63, 3.8) is 0 Å². The molecule has 0 bridgehead atoms. The van der Waals surface area contributed by atoms with Crippen LogP contribution in [-0.2, 0) is 6.54 Å². The van der Waals surface area contributed by atoms with Gasteiger partial charge in [0.05, 0.1) is 39.1 Å². The molecule has 0 radical (unpaired) electrons. The molecule has 7 nitrogen and oxygen atoms in total. The Morgan fingerprint density at radius 1 is 0.944 bits per heavy atom. The van der Waals surface area contributed by atoms with Crippen molar-refractivity contribution in [2.75, 3.05) is 26.1 Å². The molecule has 0 unspecified atom stereocenters. The molecular weight excluding hydrogens is 454 g/mol. The molecule has 0 aliphatic carbocycles. The maximum Gasteiger partial charge on any atom is 0.322 e. The fourth-order valence-corrected chi connectivity index (χ4v) is 4.71. The van der Waals surface area contributed by atoms with E-state index in [9.17, 15) is 4.79 Å². The predicted molar refractivity (Wildman–Crippen MR) is 139 cm³/mol. The number of amides is 2. The van der Waals surface area contributed by atoms with Crippen LogP contribution in [0.4, 0.5) is 10.5 Å². The van der Waals surface area contributed by atoms with Gasteiger partial charge in [0.25, 0.3) is 0 Å². The fraction of sp³-hybridized carbons (Fsp3) is 0.207. The van der Waals surface area contributed by atoms with Gasteiger partial charge < -0.3 is 29.0 Å². The van der Waals surface area contributed by atoms with Crippen LogP contribution in [0.25, 0.3) is 5.69 Å². The molecule has 0 fully saturated rings. The van der Waals surface area contributed by atoms with Crippen LogP contribution < -0.4 is 19.5 Å². The van der Waals surface area contributed by atoms with Gasteiger partial charge in [-0.05, 0) is 72.6 Å². The first-order valence-electron chi connectivity index (χ1n) is 11.9. The van der Waals surface area contributed by atoms with E-state index in [0.29, 0.717) is 30.3 Å². The number of nitrogens with one attached hydrogen (secondary N) is 1. The minimum atomic E-state index is -0.366. The van der Waals surface area contributed by atoms with Crippen LogP contribution in [0.15, 0.2) is 85.1 Å². The molecule has 4 aromatic rings. The van der Waals surface area contributed by atoms with Gasteiger partial charge in [-0.3, -0.25) is 0 Å². The number of carbonyl (C=O) groups excluding carboxylic acids is 1. The second-order valence-electron chi connectivity index (χ2n) is 8.46. The van der Waals surface area contributed by atoms with Crippen molar-refractivity contribution in [3.8, 4) is 22.9 Å². The number of para-hydroxylation sites is 1. The van der Waals surface area contributed by atoms with Crippen LogP contribution >= 0.6 is 0 Å². The van der Waals surface area contributed by atoms with Crippen LogP contribution in [-0.4, -0.2) is 36.3 Å². The number of methoxy groups -OCH3 is 2. The Kier molecular flexibility index (Phi) is 6.54. The third-order valence-corrected chi connectivity index (χ3v) is 6.36. The van der Waals surface area contributed by atoms with Crippen LogP contribution in [0.2, 0.25) is 0 Å². The van der Waals surface area contributed by atoms with E-state index in [1.54, 1.807) is 14.2 Å². The SMILES string of the molecule is CCOc1ccc(NC(=O)N2Cc3ccccc3-n3cccc3[C@@H]2c2ccc(OC)c(OC)c2)cc1. The molecule has 1 aromatic heterocycles. The predicted octanol–water partition coefficient (Wildman–Crippen LogP) is 6.03. The Hall–Kier alpha value is -4.39. The number of aromatic nitrogens is 1. The lowest BCUT2D eigenvalue weighted by Gasteiger charge is -2.31. The third kappa shape index (κ3) is 4.35. The van der Waals surface area contributed by atoms with E-state index in [-0.39, 0.29) is 12.1 Å². The molecule has 5 rings (SSSR count). The number of rotatable bonds is 6. The number of hydrogen-bond donors (Lipinski definition) is 1. The van der Waals surface area contributed by atoms with Crippen LogP contribution in [0.5, 0.6) is 17.2 Å². The van der Waals surface area contributed by atoms with Gasteiger partial charge in [0, 0.05) is 17.6 Å². The molecule has 2 heterocycles. The molecule has 36 heavy (non-hydrogen) atoms. The average molecular weight is 484 g/mol. The smallest absolute Gasteiger partial charge is 0.322 e. The molecule has 1 atom stereocenters. The molecule has 1 N–H and O–H groups in total. The van der Waals surface area contributed by atoms with E-state index < -0.39 is 0 Å². The van der Waals surface area contributed by atoms with Gasteiger partial charge in [-0.25, -0.2) is 4.79 Å². The molecule has 0 saturated heterocycles. The number of benzene rings is 3. The molecule has 1 aliphatic heterocycles. The van der Waals surface area contributed by atoms with E-state index in [1.807, 2.05) is 78.7 Å². The zero-order valence-electron chi connectivity index (χ0n) is 20.6. The first-order valence-corrected chi connectivity index (χ1v) is 11.9. The molecule has 1 aliphatic rings. The van der Waals surface area contributed by atoms with Gasteiger partial charge in [0.15, 0.2) is 11.5 Å². The van der Waals surface area contributed by atoms with E-state index in [4.69, 9.17) is 14.2 Å². The Morgan fingerprint density at radius 3 is 2.47 bits per heavy atom. The van der Waals surface area contributed by atoms with Crippen molar-refractivity contribution in [2.45, 2.75) is 19.5 Å². The van der Waals surface area contributed by atoms with Crippen molar-refractivity contribution in [1.82, 2.24) is 9.47 Å². The second-order valence-corrected chi connectivity index (χ2v) is 8.46. The van der Waals surface area contributed by atoms with Gasteiger partial charge in [0.1, 0.15) is 5.75 Å². The highest BCUT2D eigenvalue weighted by Gasteiger charge is 2.33. The zero-order chi connectivity index (χ0) is 25.1. The first-order chi connectivity index (χ1) is 17.6. The highest BCUT2D eigenvalue weighted by molar-refractivity contribution is 5.90. The van der Waals surface area contributed by atoms with Gasteiger partial charge >= 0.3 is 6.03 Å². The highest BCUT2D eigenvalue weighted by Crippen LogP contribution is 2.39. The summed E-state index contributed by atoms with van der Waals surface area (Å²) in [5, 5.41) is 3.08. The normalized spacial score (nSPS) is 14.3. The lowest BCUT2D eigenvalue weighted by atomic mass is 10.0. The molecule has 0 spiro atoms. The molecule has 3 aromatic carbocycles. The van der Waals surface area contributed by atoms with Gasteiger partial charge in [-0.1, -0.05) is 24.3 Å². The van der Waals surface area contributed by atoms with Gasteiger partial charge in [-0.2, -0.15) is 0 Å². The number of hydrogen-bond acceptors (Lipinski definition) is 4. The van der Waals surface area contributed by atoms with Crippen molar-refractivity contribution in [1.29, 1.82) is 0 Å². The summed E-state index contributed by atoms with van der Waals surface area (Å²) in [5.41, 5.74) is 4.71. The van der Waals surface area contributed by atoms with Crippen molar-refractivity contribution in [3.05, 3.63) is 102 Å². The number of carbonyl (C=O) groups is 1. The van der Waals surface area contributed by atoms with E-state index >= 15 is 0 Å². The Labute approximate surface area is 210 Å².